The number of esters is 1. The Balaban J connectivity index is 0.00000161. The van der Waals surface area contributed by atoms with Crippen molar-refractivity contribution in [3.05, 3.63) is 40.2 Å². The minimum absolute atomic E-state index is 0. The largest absolute Gasteiger partial charge is 1.00 e. The number of benzene rings is 1. The molecule has 1 aromatic heterocycles. The molecule has 0 amide bonds. The fraction of sp³-hybridized carbons (Fsp3) is 0.333. The van der Waals surface area contributed by atoms with Crippen LogP contribution >= 0.6 is 0 Å². The summed E-state index contributed by atoms with van der Waals surface area (Å²) in [4.78, 5) is 23.3. The predicted octanol–water partition coefficient (Wildman–Crippen LogP) is -1.24. The molecule has 0 radical (unpaired) electrons. The SMILES string of the molecule is Cc1cc(=O)oc2cc(OC(=O)C3CCCN3)ccc12.[Cl-]. The topological polar surface area (TPSA) is 68.5 Å². The Labute approximate surface area is 127 Å². The van der Waals surface area contributed by atoms with Crippen molar-refractivity contribution in [1.29, 1.82) is 0 Å². The van der Waals surface area contributed by atoms with Gasteiger partial charge in [-0.05, 0) is 44.0 Å². The van der Waals surface area contributed by atoms with Crippen molar-refractivity contribution in [2.24, 2.45) is 0 Å². The summed E-state index contributed by atoms with van der Waals surface area (Å²) < 4.78 is 10.5. The van der Waals surface area contributed by atoms with Crippen molar-refractivity contribution in [2.75, 3.05) is 6.54 Å². The number of ether oxygens (including phenoxy) is 1. The molecule has 1 saturated heterocycles. The first kappa shape index (κ1) is 15.5. The third-order valence-electron chi connectivity index (χ3n) is 3.49. The number of aryl methyl sites for hydroxylation is 1. The van der Waals surface area contributed by atoms with Crippen LogP contribution in [0.5, 0.6) is 5.75 Å². The number of carbonyl (C=O) groups excluding carboxylic acids is 1. The van der Waals surface area contributed by atoms with Gasteiger partial charge in [-0.1, -0.05) is 0 Å². The van der Waals surface area contributed by atoms with E-state index < -0.39 is 5.63 Å². The molecule has 1 fully saturated rings. The second kappa shape index (κ2) is 6.28. The second-order valence-electron chi connectivity index (χ2n) is 4.98. The first-order valence-corrected chi connectivity index (χ1v) is 6.63. The van der Waals surface area contributed by atoms with Crippen LogP contribution in [0.1, 0.15) is 18.4 Å². The van der Waals surface area contributed by atoms with E-state index in [-0.39, 0.29) is 24.4 Å². The van der Waals surface area contributed by atoms with Crippen molar-refractivity contribution >= 4 is 16.9 Å². The third-order valence-corrected chi connectivity index (χ3v) is 3.49. The summed E-state index contributed by atoms with van der Waals surface area (Å²) in [5.41, 5.74) is 0.863. The van der Waals surface area contributed by atoms with Gasteiger partial charge in [-0.25, -0.2) is 9.59 Å². The van der Waals surface area contributed by atoms with Crippen LogP contribution in [0.4, 0.5) is 0 Å². The summed E-state index contributed by atoms with van der Waals surface area (Å²) in [5, 5.41) is 3.92. The lowest BCUT2D eigenvalue weighted by atomic mass is 10.1. The van der Waals surface area contributed by atoms with Crippen LogP contribution < -0.4 is 28.1 Å². The summed E-state index contributed by atoms with van der Waals surface area (Å²) in [5.74, 6) is 0.0989. The van der Waals surface area contributed by atoms with Crippen LogP contribution in [0.2, 0.25) is 0 Å². The van der Waals surface area contributed by atoms with Crippen LogP contribution in [-0.4, -0.2) is 18.6 Å². The van der Waals surface area contributed by atoms with Crippen LogP contribution in [0, 0.1) is 6.92 Å². The van der Waals surface area contributed by atoms with Crippen molar-refractivity contribution in [1.82, 2.24) is 5.32 Å². The average molecular weight is 309 g/mol. The van der Waals surface area contributed by atoms with E-state index in [9.17, 15) is 9.59 Å². The molecule has 1 unspecified atom stereocenters. The maximum Gasteiger partial charge on any atom is 0.336 e. The number of nitrogens with one attached hydrogen (secondary N) is 1. The normalized spacial score (nSPS) is 17.5. The van der Waals surface area contributed by atoms with Gasteiger partial charge < -0.3 is 26.9 Å². The van der Waals surface area contributed by atoms with Gasteiger partial charge in [0, 0.05) is 17.5 Å². The molecule has 112 valence electrons. The van der Waals surface area contributed by atoms with Crippen molar-refractivity contribution < 1.29 is 26.4 Å². The fourth-order valence-electron chi connectivity index (χ4n) is 2.44. The van der Waals surface area contributed by atoms with Crippen molar-refractivity contribution in [2.45, 2.75) is 25.8 Å². The quantitative estimate of drug-likeness (QED) is 0.427. The zero-order valence-corrected chi connectivity index (χ0v) is 12.3. The Morgan fingerprint density at radius 3 is 2.90 bits per heavy atom. The highest BCUT2D eigenvalue weighted by Gasteiger charge is 2.24. The predicted molar refractivity (Wildman–Crippen MR) is 73.9 cm³/mol. The summed E-state index contributed by atoms with van der Waals surface area (Å²) in [6.07, 6.45) is 1.77. The fourth-order valence-corrected chi connectivity index (χ4v) is 2.44. The van der Waals surface area contributed by atoms with Gasteiger partial charge in [0.1, 0.15) is 17.4 Å². The van der Waals surface area contributed by atoms with E-state index in [4.69, 9.17) is 9.15 Å². The molecule has 21 heavy (non-hydrogen) atoms. The molecule has 1 N–H and O–H groups in total. The van der Waals surface area contributed by atoms with Crippen LogP contribution in [0.25, 0.3) is 11.0 Å². The number of rotatable bonds is 2. The Kier molecular flexibility index (Phi) is 4.65. The van der Waals surface area contributed by atoms with Gasteiger partial charge in [0.05, 0.1) is 0 Å². The van der Waals surface area contributed by atoms with Crippen LogP contribution in [-0.2, 0) is 4.79 Å². The molecule has 1 aliphatic heterocycles. The molecular formula is C15H15ClNO4-. The van der Waals surface area contributed by atoms with E-state index in [1.165, 1.54) is 6.07 Å². The molecule has 3 rings (SSSR count). The van der Waals surface area contributed by atoms with E-state index >= 15 is 0 Å². The highest BCUT2D eigenvalue weighted by molar-refractivity contribution is 5.83. The molecule has 6 heteroatoms. The summed E-state index contributed by atoms with van der Waals surface area (Å²) in [6.45, 7) is 2.68. The third kappa shape index (κ3) is 3.25. The van der Waals surface area contributed by atoms with Gasteiger partial charge in [-0.2, -0.15) is 0 Å². The lowest BCUT2D eigenvalue weighted by Gasteiger charge is -2.10. The van der Waals surface area contributed by atoms with Crippen LogP contribution in [0.3, 0.4) is 0 Å². The first-order valence-electron chi connectivity index (χ1n) is 6.63. The molecule has 5 nitrogen and oxygen atoms in total. The van der Waals surface area contributed by atoms with E-state index in [2.05, 4.69) is 5.32 Å². The number of carbonyl (C=O) groups is 1. The molecule has 0 bridgehead atoms. The highest BCUT2D eigenvalue weighted by Crippen LogP contribution is 2.23. The zero-order chi connectivity index (χ0) is 14.1. The monoisotopic (exact) mass is 308 g/mol. The van der Waals surface area contributed by atoms with E-state index in [0.717, 1.165) is 30.3 Å². The minimum atomic E-state index is -0.407. The molecule has 1 aromatic carbocycles. The smallest absolute Gasteiger partial charge is 0.336 e. The summed E-state index contributed by atoms with van der Waals surface area (Å²) >= 11 is 0. The Morgan fingerprint density at radius 2 is 2.19 bits per heavy atom. The molecule has 0 saturated carbocycles. The Hall–Kier alpha value is -1.85. The standard InChI is InChI=1S/C15H15NO4.ClH/c1-9-7-14(17)20-13-8-10(4-5-11(9)13)19-15(18)12-3-2-6-16-12;/h4-5,7-8,12,16H,2-3,6H2,1H3;1H/p-1. The summed E-state index contributed by atoms with van der Waals surface area (Å²) in [6, 6.07) is 6.28. The zero-order valence-electron chi connectivity index (χ0n) is 11.5. The van der Waals surface area contributed by atoms with Gasteiger partial charge in [0.25, 0.3) is 0 Å². The highest BCUT2D eigenvalue weighted by atomic mass is 35.5. The van der Waals surface area contributed by atoms with Crippen molar-refractivity contribution in [3.63, 3.8) is 0 Å². The Morgan fingerprint density at radius 1 is 1.38 bits per heavy atom. The molecule has 2 aromatic rings. The van der Waals surface area contributed by atoms with E-state index in [1.807, 2.05) is 6.92 Å². The summed E-state index contributed by atoms with van der Waals surface area (Å²) in [7, 11) is 0. The van der Waals surface area contributed by atoms with Gasteiger partial charge in [0.2, 0.25) is 0 Å². The molecular weight excluding hydrogens is 294 g/mol. The first-order chi connectivity index (χ1) is 9.63. The molecule has 0 spiro atoms. The maximum atomic E-state index is 11.9. The molecule has 1 atom stereocenters. The number of halogens is 1. The van der Waals surface area contributed by atoms with Crippen molar-refractivity contribution in [3.8, 4) is 5.75 Å². The van der Waals surface area contributed by atoms with Gasteiger partial charge in [-0.15, -0.1) is 0 Å². The lowest BCUT2D eigenvalue weighted by molar-refractivity contribution is -0.136. The van der Waals surface area contributed by atoms with Gasteiger partial charge >= 0.3 is 11.6 Å². The maximum absolute atomic E-state index is 11.9. The molecule has 2 heterocycles. The minimum Gasteiger partial charge on any atom is -1.00 e. The average Bonchev–Trinajstić information content (AvgIpc) is 2.91. The van der Waals surface area contributed by atoms with Crippen LogP contribution in [0.15, 0.2) is 33.5 Å². The number of hydrogen-bond donors (Lipinski definition) is 1. The lowest BCUT2D eigenvalue weighted by Crippen LogP contribution is -3.00. The van der Waals surface area contributed by atoms with Gasteiger partial charge in [-0.3, -0.25) is 0 Å². The Bertz CT molecular complexity index is 719. The van der Waals surface area contributed by atoms with Gasteiger partial charge in [0.15, 0.2) is 0 Å². The number of fused-ring (bicyclic) bond motifs is 1. The second-order valence-corrected chi connectivity index (χ2v) is 4.98. The number of hydrogen-bond acceptors (Lipinski definition) is 5. The van der Waals surface area contributed by atoms with E-state index in [0.29, 0.717) is 11.3 Å². The van der Waals surface area contributed by atoms with E-state index in [1.54, 1.807) is 18.2 Å². The molecule has 1 aliphatic rings. The molecule has 0 aliphatic carbocycles.